The first-order valence-corrected chi connectivity index (χ1v) is 7.93. The highest BCUT2D eigenvalue weighted by Crippen LogP contribution is 2.29. The maximum Gasteiger partial charge on any atom is 0.139 e. The Morgan fingerprint density at radius 1 is 1.15 bits per heavy atom. The Kier molecular flexibility index (Phi) is 5.43. The van der Waals surface area contributed by atoms with Crippen LogP contribution in [0.2, 0.25) is 0 Å². The number of para-hydroxylation sites is 1. The molecule has 0 saturated heterocycles. The largest absolute Gasteiger partial charge is 0.483 e. The molecule has 2 aromatic rings. The van der Waals surface area contributed by atoms with Crippen LogP contribution in [0.5, 0.6) is 5.75 Å². The fourth-order valence-corrected chi connectivity index (χ4v) is 2.66. The highest BCUT2D eigenvalue weighted by atomic mass is 127. The number of hydrogen-bond donors (Lipinski definition) is 1. The van der Waals surface area contributed by atoms with Crippen LogP contribution in [0.1, 0.15) is 30.6 Å². The summed E-state index contributed by atoms with van der Waals surface area (Å²) in [5, 5.41) is 0. The number of benzene rings is 2. The van der Waals surface area contributed by atoms with E-state index in [-0.39, 0.29) is 12.1 Å². The lowest BCUT2D eigenvalue weighted by Crippen LogP contribution is -2.31. The monoisotopic (exact) mass is 381 g/mol. The molecule has 106 valence electrons. The predicted molar refractivity (Wildman–Crippen MR) is 92.0 cm³/mol. The van der Waals surface area contributed by atoms with E-state index >= 15 is 0 Å². The number of rotatable bonds is 5. The van der Waals surface area contributed by atoms with Gasteiger partial charge in [0.1, 0.15) is 11.9 Å². The minimum atomic E-state index is -0.115. The Labute approximate surface area is 134 Å². The summed E-state index contributed by atoms with van der Waals surface area (Å²) in [4.78, 5) is 0. The molecule has 0 bridgehead atoms. The number of ether oxygens (including phenoxy) is 1. The maximum atomic E-state index is 6.27. The van der Waals surface area contributed by atoms with E-state index in [1.54, 1.807) is 0 Å². The molecule has 2 atom stereocenters. The van der Waals surface area contributed by atoms with Crippen molar-refractivity contribution in [3.8, 4) is 5.75 Å². The molecule has 0 fully saturated rings. The van der Waals surface area contributed by atoms with E-state index in [9.17, 15) is 0 Å². The van der Waals surface area contributed by atoms with Crippen LogP contribution in [0.15, 0.2) is 48.5 Å². The topological polar surface area (TPSA) is 35.2 Å². The van der Waals surface area contributed by atoms with Gasteiger partial charge < -0.3 is 10.5 Å². The van der Waals surface area contributed by atoms with Crippen LogP contribution in [-0.4, -0.2) is 6.04 Å². The molecular weight excluding hydrogens is 361 g/mol. The number of hydrogen-bond acceptors (Lipinski definition) is 2. The van der Waals surface area contributed by atoms with Crippen molar-refractivity contribution >= 4 is 22.6 Å². The third-order valence-corrected chi connectivity index (χ3v) is 4.21. The molecule has 0 heterocycles. The summed E-state index contributed by atoms with van der Waals surface area (Å²) in [6, 6.07) is 16.4. The second-order valence-electron chi connectivity index (χ2n) is 4.96. The second kappa shape index (κ2) is 7.09. The van der Waals surface area contributed by atoms with Crippen molar-refractivity contribution in [3.63, 3.8) is 0 Å². The highest BCUT2D eigenvalue weighted by molar-refractivity contribution is 14.1. The lowest BCUT2D eigenvalue weighted by atomic mass is 9.99. The average Bonchev–Trinajstić information content (AvgIpc) is 2.45. The lowest BCUT2D eigenvalue weighted by molar-refractivity contribution is 0.169. The van der Waals surface area contributed by atoms with Crippen LogP contribution in [0, 0.1) is 10.5 Å². The summed E-state index contributed by atoms with van der Waals surface area (Å²) in [5.74, 6) is 0.892. The predicted octanol–water partition coefficient (Wildman–Crippen LogP) is 4.46. The molecule has 2 unspecified atom stereocenters. The Balaban J connectivity index is 2.31. The first-order valence-electron chi connectivity index (χ1n) is 6.85. The van der Waals surface area contributed by atoms with Gasteiger partial charge >= 0.3 is 0 Å². The van der Waals surface area contributed by atoms with E-state index in [4.69, 9.17) is 10.5 Å². The zero-order valence-electron chi connectivity index (χ0n) is 11.8. The van der Waals surface area contributed by atoms with Crippen molar-refractivity contribution < 1.29 is 4.74 Å². The standard InChI is InChI=1S/C17H20INO/c1-3-15(19)17(13-8-6-7-12(2)11-13)20-16-10-5-4-9-14(16)18/h4-11,15,17H,3,19H2,1-2H3. The van der Waals surface area contributed by atoms with Gasteiger partial charge in [-0.25, -0.2) is 0 Å². The van der Waals surface area contributed by atoms with Gasteiger partial charge in [0, 0.05) is 6.04 Å². The van der Waals surface area contributed by atoms with E-state index in [1.807, 2.05) is 24.3 Å². The first kappa shape index (κ1) is 15.3. The third-order valence-electron chi connectivity index (χ3n) is 3.32. The lowest BCUT2D eigenvalue weighted by Gasteiger charge is -2.25. The highest BCUT2D eigenvalue weighted by Gasteiger charge is 2.21. The summed E-state index contributed by atoms with van der Waals surface area (Å²) in [5.41, 5.74) is 8.63. The molecule has 0 spiro atoms. The summed E-state index contributed by atoms with van der Waals surface area (Å²) >= 11 is 2.29. The van der Waals surface area contributed by atoms with E-state index in [2.05, 4.69) is 60.7 Å². The summed E-state index contributed by atoms with van der Waals surface area (Å²) in [6.45, 7) is 4.18. The minimum Gasteiger partial charge on any atom is -0.483 e. The molecule has 0 aliphatic carbocycles. The molecule has 2 aromatic carbocycles. The van der Waals surface area contributed by atoms with E-state index in [1.165, 1.54) is 5.56 Å². The minimum absolute atomic E-state index is 0.0205. The molecule has 2 rings (SSSR count). The molecule has 0 aliphatic rings. The molecule has 0 aliphatic heterocycles. The Morgan fingerprint density at radius 2 is 1.90 bits per heavy atom. The molecular formula is C17H20INO. The van der Waals surface area contributed by atoms with Crippen LogP contribution in [-0.2, 0) is 0 Å². The van der Waals surface area contributed by atoms with Crippen molar-refractivity contribution in [2.24, 2.45) is 5.73 Å². The second-order valence-corrected chi connectivity index (χ2v) is 6.12. The number of halogens is 1. The third kappa shape index (κ3) is 3.73. The Hall–Kier alpha value is -1.07. The van der Waals surface area contributed by atoms with Gasteiger partial charge in [0.25, 0.3) is 0 Å². The van der Waals surface area contributed by atoms with Gasteiger partial charge in [0.05, 0.1) is 3.57 Å². The molecule has 0 radical (unpaired) electrons. The molecule has 2 N–H and O–H groups in total. The van der Waals surface area contributed by atoms with Crippen molar-refractivity contribution in [2.45, 2.75) is 32.4 Å². The molecule has 0 saturated carbocycles. The smallest absolute Gasteiger partial charge is 0.139 e. The summed E-state index contributed by atoms with van der Waals surface area (Å²) < 4.78 is 7.31. The van der Waals surface area contributed by atoms with Crippen molar-refractivity contribution in [3.05, 3.63) is 63.2 Å². The van der Waals surface area contributed by atoms with Crippen molar-refractivity contribution in [1.29, 1.82) is 0 Å². The first-order chi connectivity index (χ1) is 9.61. The van der Waals surface area contributed by atoms with E-state index in [0.717, 1.165) is 21.3 Å². The van der Waals surface area contributed by atoms with Crippen molar-refractivity contribution in [2.75, 3.05) is 0 Å². The van der Waals surface area contributed by atoms with Gasteiger partial charge in [-0.05, 0) is 53.6 Å². The van der Waals surface area contributed by atoms with Crippen molar-refractivity contribution in [1.82, 2.24) is 0 Å². The zero-order chi connectivity index (χ0) is 14.5. The molecule has 0 amide bonds. The average molecular weight is 381 g/mol. The Morgan fingerprint density at radius 3 is 2.55 bits per heavy atom. The van der Waals surface area contributed by atoms with Gasteiger partial charge in [0.2, 0.25) is 0 Å². The van der Waals surface area contributed by atoms with Gasteiger partial charge in [-0.1, -0.05) is 48.9 Å². The quantitative estimate of drug-likeness (QED) is 0.777. The Bertz CT molecular complexity index is 570. The normalized spacial score (nSPS) is 13.8. The number of nitrogens with two attached hydrogens (primary N) is 1. The van der Waals surface area contributed by atoms with Crippen LogP contribution >= 0.6 is 22.6 Å². The van der Waals surface area contributed by atoms with Gasteiger partial charge in [-0.3, -0.25) is 0 Å². The van der Waals surface area contributed by atoms with Gasteiger partial charge in [-0.15, -0.1) is 0 Å². The fraction of sp³-hybridized carbons (Fsp3) is 0.294. The zero-order valence-corrected chi connectivity index (χ0v) is 14.0. The van der Waals surface area contributed by atoms with Crippen LogP contribution in [0.25, 0.3) is 0 Å². The number of aryl methyl sites for hydroxylation is 1. The molecule has 2 nitrogen and oxygen atoms in total. The van der Waals surface area contributed by atoms with Crippen LogP contribution in [0.3, 0.4) is 0 Å². The summed E-state index contributed by atoms with van der Waals surface area (Å²) in [7, 11) is 0. The van der Waals surface area contributed by atoms with E-state index < -0.39 is 0 Å². The van der Waals surface area contributed by atoms with Gasteiger partial charge in [0.15, 0.2) is 0 Å². The van der Waals surface area contributed by atoms with Crippen LogP contribution < -0.4 is 10.5 Å². The summed E-state index contributed by atoms with van der Waals surface area (Å²) in [6.07, 6.45) is 0.762. The van der Waals surface area contributed by atoms with Crippen LogP contribution in [0.4, 0.5) is 0 Å². The molecule has 3 heteroatoms. The van der Waals surface area contributed by atoms with Gasteiger partial charge in [-0.2, -0.15) is 0 Å². The molecule has 0 aromatic heterocycles. The molecule has 20 heavy (non-hydrogen) atoms. The fourth-order valence-electron chi connectivity index (χ4n) is 2.14. The SMILES string of the molecule is CCC(N)C(Oc1ccccc1I)c1cccc(C)c1. The maximum absolute atomic E-state index is 6.27. The van der Waals surface area contributed by atoms with E-state index in [0.29, 0.717) is 0 Å².